The molecule has 2 N–H and O–H groups in total. The van der Waals surface area contributed by atoms with Crippen molar-refractivity contribution in [3.8, 4) is 5.75 Å². The van der Waals surface area contributed by atoms with Gasteiger partial charge in [-0.1, -0.05) is 6.07 Å². The zero-order chi connectivity index (χ0) is 18.2. The van der Waals surface area contributed by atoms with Crippen molar-refractivity contribution >= 4 is 6.09 Å². The molecule has 1 saturated carbocycles. The van der Waals surface area contributed by atoms with E-state index in [2.05, 4.69) is 10.1 Å². The second-order valence-electron chi connectivity index (χ2n) is 6.43. The zero-order valence-electron chi connectivity index (χ0n) is 13.3. The number of hydrogen-bond donors (Lipinski definition) is 2. The summed E-state index contributed by atoms with van der Waals surface area (Å²) in [6.07, 6.45) is -3.05. The summed E-state index contributed by atoms with van der Waals surface area (Å²) in [7, 11) is 0. The van der Waals surface area contributed by atoms with E-state index in [0.29, 0.717) is 31.5 Å². The summed E-state index contributed by atoms with van der Waals surface area (Å²) in [5.41, 5.74) is -0.0440. The lowest BCUT2D eigenvalue weighted by molar-refractivity contribution is -0.275. The van der Waals surface area contributed by atoms with E-state index >= 15 is 0 Å². The predicted molar refractivity (Wildman–Crippen MR) is 79.8 cm³/mol. The van der Waals surface area contributed by atoms with Crippen molar-refractivity contribution in [1.82, 2.24) is 10.2 Å². The second kappa shape index (κ2) is 6.36. The number of alkyl halides is 3. The predicted octanol–water partition coefficient (Wildman–Crippen LogP) is 3.45. The molecule has 0 bridgehead atoms. The molecule has 138 valence electrons. The highest BCUT2D eigenvalue weighted by atomic mass is 19.4. The Balaban J connectivity index is 1.71. The lowest BCUT2D eigenvalue weighted by Gasteiger charge is -2.26. The molecule has 1 saturated heterocycles. The van der Waals surface area contributed by atoms with Gasteiger partial charge in [0.1, 0.15) is 0 Å². The summed E-state index contributed by atoms with van der Waals surface area (Å²) in [5.74, 6) is -1.93. The first-order valence-electron chi connectivity index (χ1n) is 8.01. The van der Waals surface area contributed by atoms with Gasteiger partial charge in [-0.05, 0) is 43.4 Å². The highest BCUT2D eigenvalue weighted by Crippen LogP contribution is 2.47. The Morgan fingerprint density at radius 3 is 2.72 bits per heavy atom. The van der Waals surface area contributed by atoms with E-state index in [9.17, 15) is 22.4 Å². The van der Waals surface area contributed by atoms with Gasteiger partial charge in [0, 0.05) is 24.7 Å². The number of ether oxygens (including phenoxy) is 1. The van der Waals surface area contributed by atoms with Crippen LogP contribution in [0.1, 0.15) is 31.2 Å². The van der Waals surface area contributed by atoms with Crippen LogP contribution in [-0.2, 0) is 5.54 Å². The third-order valence-corrected chi connectivity index (χ3v) is 4.76. The second-order valence-corrected chi connectivity index (χ2v) is 6.43. The van der Waals surface area contributed by atoms with Gasteiger partial charge in [-0.15, -0.1) is 13.2 Å². The molecule has 9 heteroatoms. The van der Waals surface area contributed by atoms with Crippen LogP contribution in [0.4, 0.5) is 22.4 Å². The minimum Gasteiger partial charge on any atom is -0.465 e. The van der Waals surface area contributed by atoms with Crippen molar-refractivity contribution in [1.29, 1.82) is 0 Å². The average molecular weight is 362 g/mol. The largest absolute Gasteiger partial charge is 0.573 e. The van der Waals surface area contributed by atoms with Gasteiger partial charge in [0.15, 0.2) is 11.6 Å². The lowest BCUT2D eigenvalue weighted by atomic mass is 10.0. The van der Waals surface area contributed by atoms with E-state index in [1.165, 1.54) is 11.0 Å². The Morgan fingerprint density at radius 1 is 1.40 bits per heavy atom. The van der Waals surface area contributed by atoms with Crippen LogP contribution in [0.3, 0.4) is 0 Å². The maximum absolute atomic E-state index is 13.6. The topological polar surface area (TPSA) is 61.8 Å². The first-order chi connectivity index (χ1) is 11.7. The molecule has 5 nitrogen and oxygen atoms in total. The van der Waals surface area contributed by atoms with Crippen molar-refractivity contribution in [3.05, 3.63) is 29.6 Å². The third kappa shape index (κ3) is 3.97. The molecule has 2 aliphatic rings. The molecule has 1 aromatic rings. The van der Waals surface area contributed by atoms with Gasteiger partial charge in [0.05, 0.1) is 0 Å². The maximum atomic E-state index is 13.6. The Bertz CT molecular complexity index is 661. The van der Waals surface area contributed by atoms with Gasteiger partial charge >= 0.3 is 12.5 Å². The molecule has 0 unspecified atom stereocenters. The number of benzene rings is 1. The SMILES string of the molecule is O=C(O)N1CCC[C@H]1CNC1(c2ccc(F)c(OC(F)(F)F)c2)CC1. The van der Waals surface area contributed by atoms with E-state index in [4.69, 9.17) is 5.11 Å². The molecule has 0 radical (unpaired) electrons. The van der Waals surface area contributed by atoms with Crippen molar-refractivity contribution in [2.75, 3.05) is 13.1 Å². The number of carbonyl (C=O) groups is 1. The number of halogens is 4. The van der Waals surface area contributed by atoms with Crippen molar-refractivity contribution in [2.45, 2.75) is 43.6 Å². The van der Waals surface area contributed by atoms with E-state index < -0.39 is 29.6 Å². The fourth-order valence-corrected chi connectivity index (χ4v) is 3.31. The first kappa shape index (κ1) is 17.8. The number of rotatable bonds is 5. The summed E-state index contributed by atoms with van der Waals surface area (Å²) in [6, 6.07) is 3.28. The van der Waals surface area contributed by atoms with Crippen LogP contribution < -0.4 is 10.1 Å². The number of carboxylic acid groups (broad SMARTS) is 1. The Morgan fingerprint density at radius 2 is 2.12 bits per heavy atom. The number of hydrogen-bond acceptors (Lipinski definition) is 3. The van der Waals surface area contributed by atoms with Gasteiger partial charge in [-0.3, -0.25) is 0 Å². The van der Waals surface area contributed by atoms with E-state index in [0.717, 1.165) is 25.0 Å². The van der Waals surface area contributed by atoms with E-state index in [1.807, 2.05) is 0 Å². The Hall–Kier alpha value is -2.03. The summed E-state index contributed by atoms with van der Waals surface area (Å²) in [4.78, 5) is 12.5. The molecule has 3 rings (SSSR count). The standard InChI is InChI=1S/C16H18F4N2O3/c17-12-4-3-10(8-13(12)25-16(18,19)20)15(5-6-15)21-9-11-2-1-7-22(11)14(23)24/h3-4,8,11,21H,1-2,5-7,9H2,(H,23,24)/t11-/m0/s1. The summed E-state index contributed by atoms with van der Waals surface area (Å²) < 4.78 is 54.4. The molecule has 1 aliphatic carbocycles. The fourth-order valence-electron chi connectivity index (χ4n) is 3.31. The summed E-state index contributed by atoms with van der Waals surface area (Å²) in [6.45, 7) is 0.883. The molecule has 0 spiro atoms. The molecule has 25 heavy (non-hydrogen) atoms. The van der Waals surface area contributed by atoms with Crippen molar-refractivity contribution < 1.29 is 32.2 Å². The monoisotopic (exact) mass is 362 g/mol. The van der Waals surface area contributed by atoms with Crippen molar-refractivity contribution in [2.24, 2.45) is 0 Å². The smallest absolute Gasteiger partial charge is 0.465 e. The van der Waals surface area contributed by atoms with E-state index in [-0.39, 0.29) is 6.04 Å². The number of amides is 1. The first-order valence-corrected chi connectivity index (χ1v) is 8.01. The minimum atomic E-state index is -4.96. The van der Waals surface area contributed by atoms with Crippen LogP contribution in [0.2, 0.25) is 0 Å². The molecule has 1 aromatic carbocycles. The number of likely N-dealkylation sites (tertiary alicyclic amines) is 1. The molecule has 0 aromatic heterocycles. The normalized spacial score (nSPS) is 22.1. The van der Waals surface area contributed by atoms with Crippen LogP contribution in [0.15, 0.2) is 18.2 Å². The van der Waals surface area contributed by atoms with Crippen molar-refractivity contribution in [3.63, 3.8) is 0 Å². The molecule has 1 atom stereocenters. The summed E-state index contributed by atoms with van der Waals surface area (Å²) >= 11 is 0. The average Bonchev–Trinajstić information content (AvgIpc) is 3.15. The minimum absolute atomic E-state index is 0.165. The highest BCUT2D eigenvalue weighted by Gasteiger charge is 2.45. The van der Waals surface area contributed by atoms with Gasteiger partial charge in [-0.25, -0.2) is 9.18 Å². The quantitative estimate of drug-likeness (QED) is 0.788. The molecule has 1 amide bonds. The number of nitrogens with zero attached hydrogens (tertiary/aromatic N) is 1. The lowest BCUT2D eigenvalue weighted by Crippen LogP contribution is -2.44. The van der Waals surface area contributed by atoms with Gasteiger partial charge in [0.25, 0.3) is 0 Å². The third-order valence-electron chi connectivity index (χ3n) is 4.76. The molecular formula is C16H18F4N2O3. The Labute approximate surface area is 141 Å². The molecule has 2 fully saturated rings. The van der Waals surface area contributed by atoms with Crippen LogP contribution in [0.25, 0.3) is 0 Å². The zero-order valence-corrected chi connectivity index (χ0v) is 13.3. The van der Waals surface area contributed by atoms with E-state index in [1.54, 1.807) is 0 Å². The van der Waals surface area contributed by atoms with Crippen LogP contribution in [-0.4, -0.2) is 41.6 Å². The highest BCUT2D eigenvalue weighted by molar-refractivity contribution is 5.65. The maximum Gasteiger partial charge on any atom is 0.573 e. The summed E-state index contributed by atoms with van der Waals surface area (Å²) in [5, 5.41) is 12.4. The molecule has 1 heterocycles. The molecular weight excluding hydrogens is 344 g/mol. The van der Waals surface area contributed by atoms with Gasteiger partial charge < -0.3 is 20.1 Å². The number of nitrogens with one attached hydrogen (secondary N) is 1. The van der Waals surface area contributed by atoms with Crippen LogP contribution >= 0.6 is 0 Å². The van der Waals surface area contributed by atoms with Crippen LogP contribution in [0, 0.1) is 5.82 Å². The Kier molecular flexibility index (Phi) is 4.52. The molecule has 1 aliphatic heterocycles. The van der Waals surface area contributed by atoms with Crippen LogP contribution in [0.5, 0.6) is 5.75 Å². The van der Waals surface area contributed by atoms with Gasteiger partial charge in [0.2, 0.25) is 0 Å². The fraction of sp³-hybridized carbons (Fsp3) is 0.562. The van der Waals surface area contributed by atoms with Gasteiger partial charge in [-0.2, -0.15) is 0 Å².